The smallest absolute Gasteiger partial charge is 0.224 e. The molecule has 0 atom stereocenters. The molecule has 0 spiro atoms. The zero-order chi connectivity index (χ0) is 12.3. The molecule has 0 saturated heterocycles. The maximum absolute atomic E-state index is 13.3. The van der Waals surface area contributed by atoms with Crippen molar-refractivity contribution in [3.63, 3.8) is 0 Å². The molecule has 0 bridgehead atoms. The zero-order valence-electron chi connectivity index (χ0n) is 9.66. The van der Waals surface area contributed by atoms with Crippen LogP contribution in [0.2, 0.25) is 0 Å². The Balaban J connectivity index is 2.28. The third-order valence-electron chi connectivity index (χ3n) is 2.41. The number of aromatic nitrogens is 2. The average molecular weight is 232 g/mol. The Morgan fingerprint density at radius 3 is 2.82 bits per heavy atom. The fraction of sp³-hybridized carbons (Fsp3) is 0.167. The molecule has 1 aromatic carbocycles. The predicted molar refractivity (Wildman–Crippen MR) is 66.0 cm³/mol. The zero-order valence-corrected chi connectivity index (χ0v) is 9.66. The van der Waals surface area contributed by atoms with Crippen LogP contribution in [0.1, 0.15) is 5.56 Å². The van der Waals surface area contributed by atoms with Gasteiger partial charge in [-0.05, 0) is 25.1 Å². The molecule has 2 aromatic rings. The highest BCUT2D eigenvalue weighted by atomic mass is 19.1. The van der Waals surface area contributed by atoms with Gasteiger partial charge in [0.05, 0.1) is 0 Å². The highest BCUT2D eigenvalue weighted by Crippen LogP contribution is 2.21. The van der Waals surface area contributed by atoms with Gasteiger partial charge in [0.15, 0.2) is 0 Å². The van der Waals surface area contributed by atoms with Crippen LogP contribution in [0.25, 0.3) is 0 Å². The number of anilines is 3. The lowest BCUT2D eigenvalue weighted by molar-refractivity contribution is 0.619. The number of halogens is 1. The number of hydrogen-bond acceptors (Lipinski definition) is 4. The fourth-order valence-electron chi connectivity index (χ4n) is 1.43. The molecule has 0 fully saturated rings. The second-order valence-electron chi connectivity index (χ2n) is 3.55. The lowest BCUT2D eigenvalue weighted by atomic mass is 10.2. The van der Waals surface area contributed by atoms with Crippen LogP contribution in [0.15, 0.2) is 30.5 Å². The summed E-state index contributed by atoms with van der Waals surface area (Å²) in [6.07, 6.45) is 1.63. The highest BCUT2D eigenvalue weighted by molar-refractivity contribution is 5.60. The summed E-state index contributed by atoms with van der Waals surface area (Å²) in [5.41, 5.74) is 1.27. The van der Waals surface area contributed by atoms with E-state index in [0.717, 1.165) is 0 Å². The summed E-state index contributed by atoms with van der Waals surface area (Å²) >= 11 is 0. The molecule has 0 radical (unpaired) electrons. The fourth-order valence-corrected chi connectivity index (χ4v) is 1.43. The maximum Gasteiger partial charge on any atom is 0.224 e. The van der Waals surface area contributed by atoms with Crippen molar-refractivity contribution >= 4 is 17.5 Å². The minimum Gasteiger partial charge on any atom is -0.357 e. The average Bonchev–Trinajstić information content (AvgIpc) is 2.35. The molecule has 1 heterocycles. The van der Waals surface area contributed by atoms with Gasteiger partial charge in [-0.15, -0.1) is 0 Å². The van der Waals surface area contributed by atoms with Crippen molar-refractivity contribution in [1.29, 1.82) is 0 Å². The van der Waals surface area contributed by atoms with Crippen molar-refractivity contribution in [2.24, 2.45) is 0 Å². The summed E-state index contributed by atoms with van der Waals surface area (Å²) in [7, 11) is 1.74. The van der Waals surface area contributed by atoms with Gasteiger partial charge in [-0.2, -0.15) is 4.98 Å². The first-order valence-electron chi connectivity index (χ1n) is 5.23. The van der Waals surface area contributed by atoms with Crippen LogP contribution in [-0.2, 0) is 0 Å². The van der Waals surface area contributed by atoms with E-state index in [9.17, 15) is 4.39 Å². The van der Waals surface area contributed by atoms with Gasteiger partial charge in [-0.25, -0.2) is 9.37 Å². The van der Waals surface area contributed by atoms with Crippen molar-refractivity contribution in [3.05, 3.63) is 41.8 Å². The predicted octanol–water partition coefficient (Wildman–Crippen LogP) is 2.71. The van der Waals surface area contributed by atoms with E-state index in [-0.39, 0.29) is 5.82 Å². The summed E-state index contributed by atoms with van der Waals surface area (Å²) in [6, 6.07) is 6.62. The second-order valence-corrected chi connectivity index (χ2v) is 3.55. The van der Waals surface area contributed by atoms with Crippen molar-refractivity contribution in [2.45, 2.75) is 6.92 Å². The molecule has 0 aliphatic rings. The molecule has 1 aromatic heterocycles. The summed E-state index contributed by atoms with van der Waals surface area (Å²) in [4.78, 5) is 8.20. The number of nitrogens with zero attached hydrogens (tertiary/aromatic N) is 2. The van der Waals surface area contributed by atoms with E-state index in [2.05, 4.69) is 20.6 Å². The van der Waals surface area contributed by atoms with Crippen LogP contribution in [0.3, 0.4) is 0 Å². The van der Waals surface area contributed by atoms with Gasteiger partial charge in [0.25, 0.3) is 0 Å². The first-order chi connectivity index (χ1) is 8.20. The van der Waals surface area contributed by atoms with E-state index in [1.54, 1.807) is 38.4 Å². The van der Waals surface area contributed by atoms with Crippen molar-refractivity contribution in [2.75, 3.05) is 17.7 Å². The monoisotopic (exact) mass is 232 g/mol. The molecule has 17 heavy (non-hydrogen) atoms. The Labute approximate surface area is 98.9 Å². The lowest BCUT2D eigenvalue weighted by Gasteiger charge is -2.09. The van der Waals surface area contributed by atoms with E-state index < -0.39 is 0 Å². The maximum atomic E-state index is 13.3. The first-order valence-corrected chi connectivity index (χ1v) is 5.23. The Bertz CT molecular complexity index is 528. The topological polar surface area (TPSA) is 49.8 Å². The van der Waals surface area contributed by atoms with Crippen LogP contribution in [0, 0.1) is 12.7 Å². The van der Waals surface area contributed by atoms with Crippen LogP contribution in [0.5, 0.6) is 0 Å². The number of rotatable bonds is 3. The molecule has 0 unspecified atom stereocenters. The second kappa shape index (κ2) is 4.78. The molecule has 2 rings (SSSR count). The number of hydrogen-bond donors (Lipinski definition) is 2. The van der Waals surface area contributed by atoms with E-state index in [0.29, 0.717) is 23.0 Å². The molecular weight excluding hydrogens is 219 g/mol. The summed E-state index contributed by atoms with van der Waals surface area (Å²) < 4.78 is 13.3. The van der Waals surface area contributed by atoms with Gasteiger partial charge < -0.3 is 10.6 Å². The van der Waals surface area contributed by atoms with E-state index in [4.69, 9.17) is 0 Å². The Kier molecular flexibility index (Phi) is 3.18. The van der Waals surface area contributed by atoms with Gasteiger partial charge in [0, 0.05) is 24.5 Å². The molecule has 5 heteroatoms. The van der Waals surface area contributed by atoms with Gasteiger partial charge >= 0.3 is 0 Å². The van der Waals surface area contributed by atoms with Crippen LogP contribution in [0.4, 0.5) is 21.8 Å². The molecule has 0 amide bonds. The van der Waals surface area contributed by atoms with Gasteiger partial charge in [-0.3, -0.25) is 0 Å². The summed E-state index contributed by atoms with van der Waals surface area (Å²) in [5, 5.41) is 5.90. The summed E-state index contributed by atoms with van der Waals surface area (Å²) in [5.74, 6) is 0.903. The minimum absolute atomic E-state index is 0.238. The van der Waals surface area contributed by atoms with E-state index >= 15 is 0 Å². The minimum atomic E-state index is -0.238. The largest absolute Gasteiger partial charge is 0.357 e. The third-order valence-corrected chi connectivity index (χ3v) is 2.41. The molecule has 88 valence electrons. The quantitative estimate of drug-likeness (QED) is 0.854. The molecule has 2 N–H and O–H groups in total. The van der Waals surface area contributed by atoms with Gasteiger partial charge in [-0.1, -0.05) is 6.07 Å². The first kappa shape index (κ1) is 11.3. The number of benzene rings is 1. The van der Waals surface area contributed by atoms with Crippen molar-refractivity contribution in [1.82, 2.24) is 9.97 Å². The van der Waals surface area contributed by atoms with Gasteiger partial charge in [0.2, 0.25) is 5.95 Å². The van der Waals surface area contributed by atoms with Gasteiger partial charge in [0.1, 0.15) is 11.6 Å². The Morgan fingerprint density at radius 2 is 2.06 bits per heavy atom. The van der Waals surface area contributed by atoms with Crippen LogP contribution >= 0.6 is 0 Å². The van der Waals surface area contributed by atoms with Crippen molar-refractivity contribution in [3.8, 4) is 0 Å². The van der Waals surface area contributed by atoms with E-state index in [1.807, 2.05) is 0 Å². The SMILES string of the molecule is CNc1nccc(Nc2cccc(F)c2C)n1. The van der Waals surface area contributed by atoms with Crippen LogP contribution < -0.4 is 10.6 Å². The molecule has 0 aliphatic heterocycles. The molecule has 0 saturated carbocycles. The molecule has 4 nitrogen and oxygen atoms in total. The van der Waals surface area contributed by atoms with E-state index in [1.165, 1.54) is 6.07 Å². The Hall–Kier alpha value is -2.17. The van der Waals surface area contributed by atoms with Crippen LogP contribution in [-0.4, -0.2) is 17.0 Å². The molecule has 0 aliphatic carbocycles. The summed E-state index contributed by atoms with van der Waals surface area (Å²) in [6.45, 7) is 1.72. The third kappa shape index (κ3) is 2.50. The highest BCUT2D eigenvalue weighted by Gasteiger charge is 2.04. The molecular formula is C12H13FN4. The Morgan fingerprint density at radius 1 is 1.24 bits per heavy atom. The number of nitrogens with one attached hydrogen (secondary N) is 2. The normalized spacial score (nSPS) is 10.1. The van der Waals surface area contributed by atoms with Crippen molar-refractivity contribution < 1.29 is 4.39 Å². The lowest BCUT2D eigenvalue weighted by Crippen LogP contribution is -2.01. The standard InChI is InChI=1S/C12H13FN4/c1-8-9(13)4-3-5-10(8)16-11-6-7-15-12(14-2)17-11/h3-7H,1-2H3,(H2,14,15,16,17).